The maximum atomic E-state index is 5.90. The van der Waals surface area contributed by atoms with Gasteiger partial charge < -0.3 is 5.73 Å². The van der Waals surface area contributed by atoms with Gasteiger partial charge in [0.25, 0.3) is 0 Å². The van der Waals surface area contributed by atoms with Crippen LogP contribution < -0.4 is 5.73 Å². The van der Waals surface area contributed by atoms with Gasteiger partial charge in [-0.25, -0.2) is 9.97 Å². The zero-order valence-corrected chi connectivity index (χ0v) is 11.4. The first-order valence-electron chi connectivity index (χ1n) is 6.88. The summed E-state index contributed by atoms with van der Waals surface area (Å²) in [6.07, 6.45) is 1.81. The van der Waals surface area contributed by atoms with E-state index in [-0.39, 0.29) is 0 Å². The van der Waals surface area contributed by atoms with E-state index in [1.165, 1.54) is 0 Å². The van der Waals surface area contributed by atoms with Crippen LogP contribution in [0.15, 0.2) is 60.9 Å². The second-order valence-electron chi connectivity index (χ2n) is 4.96. The standard InChI is InChI=1S/C17H14N4/c18-10-12-9-17(20-14-6-2-1-5-13(12)14)21-11-19-15-7-3-4-8-16(15)21/h1-9,11H,10,18H2. The fourth-order valence-electron chi connectivity index (χ4n) is 2.67. The Morgan fingerprint density at radius 1 is 0.952 bits per heavy atom. The van der Waals surface area contributed by atoms with Crippen LogP contribution >= 0.6 is 0 Å². The zero-order chi connectivity index (χ0) is 14.2. The van der Waals surface area contributed by atoms with Crippen molar-refractivity contribution in [2.24, 2.45) is 5.73 Å². The Bertz CT molecular complexity index is 940. The number of rotatable bonds is 2. The molecule has 4 heteroatoms. The minimum Gasteiger partial charge on any atom is -0.326 e. The van der Waals surface area contributed by atoms with Crippen molar-refractivity contribution >= 4 is 21.9 Å². The van der Waals surface area contributed by atoms with Crippen LogP contribution in [0.25, 0.3) is 27.8 Å². The molecule has 2 N–H and O–H groups in total. The van der Waals surface area contributed by atoms with Crippen LogP contribution in [-0.2, 0) is 6.54 Å². The van der Waals surface area contributed by atoms with Gasteiger partial charge in [0.2, 0.25) is 0 Å². The third kappa shape index (κ3) is 1.88. The van der Waals surface area contributed by atoms with Gasteiger partial charge in [0.1, 0.15) is 12.1 Å². The highest BCUT2D eigenvalue weighted by Crippen LogP contribution is 2.22. The van der Waals surface area contributed by atoms with Crippen molar-refractivity contribution in [3.63, 3.8) is 0 Å². The summed E-state index contributed by atoms with van der Waals surface area (Å²) in [4.78, 5) is 9.17. The van der Waals surface area contributed by atoms with Gasteiger partial charge in [-0.05, 0) is 29.8 Å². The molecule has 0 fully saturated rings. The first-order chi connectivity index (χ1) is 10.4. The Balaban J connectivity index is 2.02. The fraction of sp³-hybridized carbons (Fsp3) is 0.0588. The summed E-state index contributed by atoms with van der Waals surface area (Å²) >= 11 is 0. The number of nitrogens with zero attached hydrogens (tertiary/aromatic N) is 3. The smallest absolute Gasteiger partial charge is 0.139 e. The molecule has 0 aliphatic rings. The van der Waals surface area contributed by atoms with E-state index in [4.69, 9.17) is 10.7 Å². The third-order valence-corrected chi connectivity index (χ3v) is 3.71. The van der Waals surface area contributed by atoms with Crippen molar-refractivity contribution in [2.45, 2.75) is 6.54 Å². The SMILES string of the molecule is NCc1cc(-n2cnc3ccccc32)nc2ccccc12. The molecule has 0 bridgehead atoms. The highest BCUT2D eigenvalue weighted by molar-refractivity contribution is 5.84. The summed E-state index contributed by atoms with van der Waals surface area (Å²) < 4.78 is 2.00. The lowest BCUT2D eigenvalue weighted by Gasteiger charge is -2.09. The molecule has 0 unspecified atom stereocenters. The molecule has 102 valence electrons. The molecule has 4 nitrogen and oxygen atoms in total. The lowest BCUT2D eigenvalue weighted by molar-refractivity contribution is 1.01. The van der Waals surface area contributed by atoms with Crippen LogP contribution in [0.1, 0.15) is 5.56 Å². The summed E-state index contributed by atoms with van der Waals surface area (Å²) in [7, 11) is 0. The molecule has 2 aromatic carbocycles. The quantitative estimate of drug-likeness (QED) is 0.611. The van der Waals surface area contributed by atoms with Crippen molar-refractivity contribution in [3.8, 4) is 5.82 Å². The summed E-state index contributed by atoms with van der Waals surface area (Å²) in [6.45, 7) is 0.489. The van der Waals surface area contributed by atoms with Crippen LogP contribution in [0.4, 0.5) is 0 Å². The van der Waals surface area contributed by atoms with E-state index in [0.29, 0.717) is 6.54 Å². The number of benzene rings is 2. The fourth-order valence-corrected chi connectivity index (χ4v) is 2.67. The minimum atomic E-state index is 0.489. The molecule has 0 radical (unpaired) electrons. The number of hydrogen-bond donors (Lipinski definition) is 1. The summed E-state index contributed by atoms with van der Waals surface area (Å²) in [5.74, 6) is 0.850. The first-order valence-corrected chi connectivity index (χ1v) is 6.88. The molecule has 21 heavy (non-hydrogen) atoms. The Hall–Kier alpha value is -2.72. The second kappa shape index (κ2) is 4.68. The maximum Gasteiger partial charge on any atom is 0.139 e. The highest BCUT2D eigenvalue weighted by Gasteiger charge is 2.08. The molecule has 0 spiro atoms. The van der Waals surface area contributed by atoms with Gasteiger partial charge in [0, 0.05) is 11.9 Å². The van der Waals surface area contributed by atoms with Crippen LogP contribution in [0.3, 0.4) is 0 Å². The van der Waals surface area contributed by atoms with Crippen LogP contribution in [0.5, 0.6) is 0 Å². The number of hydrogen-bond acceptors (Lipinski definition) is 3. The largest absolute Gasteiger partial charge is 0.326 e. The number of fused-ring (bicyclic) bond motifs is 2. The number of nitrogens with two attached hydrogens (primary N) is 1. The number of pyridine rings is 1. The van der Waals surface area contributed by atoms with Gasteiger partial charge in [-0.1, -0.05) is 30.3 Å². The molecule has 0 amide bonds. The van der Waals surface area contributed by atoms with E-state index in [2.05, 4.69) is 11.1 Å². The lowest BCUT2D eigenvalue weighted by atomic mass is 10.1. The van der Waals surface area contributed by atoms with Crippen LogP contribution in [0, 0.1) is 0 Å². The Morgan fingerprint density at radius 2 is 1.71 bits per heavy atom. The molecule has 0 aliphatic carbocycles. The molecule has 4 aromatic rings. The van der Waals surface area contributed by atoms with E-state index < -0.39 is 0 Å². The molecule has 0 aliphatic heterocycles. The second-order valence-corrected chi connectivity index (χ2v) is 4.96. The highest BCUT2D eigenvalue weighted by atomic mass is 15.1. The average molecular weight is 274 g/mol. The minimum absolute atomic E-state index is 0.489. The van der Waals surface area contributed by atoms with Crippen molar-refractivity contribution in [1.82, 2.24) is 14.5 Å². The molecule has 0 saturated heterocycles. The summed E-state index contributed by atoms with van der Waals surface area (Å²) in [5, 5.41) is 1.10. The predicted octanol–water partition coefficient (Wildman–Crippen LogP) is 3.03. The lowest BCUT2D eigenvalue weighted by Crippen LogP contribution is -2.03. The van der Waals surface area contributed by atoms with Crippen LogP contribution in [0.2, 0.25) is 0 Å². The molecule has 0 saturated carbocycles. The van der Waals surface area contributed by atoms with Crippen molar-refractivity contribution in [1.29, 1.82) is 0 Å². The summed E-state index contributed by atoms with van der Waals surface area (Å²) in [6, 6.07) is 18.1. The number of para-hydroxylation sites is 3. The maximum absolute atomic E-state index is 5.90. The Morgan fingerprint density at radius 3 is 2.57 bits per heavy atom. The van der Waals surface area contributed by atoms with E-state index in [1.54, 1.807) is 0 Å². The molecule has 2 aromatic heterocycles. The zero-order valence-electron chi connectivity index (χ0n) is 11.4. The molecule has 4 rings (SSSR count). The van der Waals surface area contributed by atoms with E-state index in [1.807, 2.05) is 59.4 Å². The number of aromatic nitrogens is 3. The van der Waals surface area contributed by atoms with Gasteiger partial charge in [-0.15, -0.1) is 0 Å². The monoisotopic (exact) mass is 274 g/mol. The van der Waals surface area contributed by atoms with Gasteiger partial charge >= 0.3 is 0 Å². The van der Waals surface area contributed by atoms with Crippen molar-refractivity contribution < 1.29 is 0 Å². The molecular formula is C17H14N4. The van der Waals surface area contributed by atoms with Crippen molar-refractivity contribution in [2.75, 3.05) is 0 Å². The normalized spacial score (nSPS) is 11.3. The third-order valence-electron chi connectivity index (χ3n) is 3.71. The van der Waals surface area contributed by atoms with Gasteiger partial charge in [-0.3, -0.25) is 4.57 Å². The van der Waals surface area contributed by atoms with Gasteiger partial charge in [-0.2, -0.15) is 0 Å². The predicted molar refractivity (Wildman–Crippen MR) is 84.3 cm³/mol. The molecule has 2 heterocycles. The number of imidazole rings is 1. The van der Waals surface area contributed by atoms with E-state index >= 15 is 0 Å². The van der Waals surface area contributed by atoms with E-state index in [9.17, 15) is 0 Å². The van der Waals surface area contributed by atoms with Crippen LogP contribution in [-0.4, -0.2) is 14.5 Å². The molecular weight excluding hydrogens is 260 g/mol. The Kier molecular flexibility index (Phi) is 2.69. The van der Waals surface area contributed by atoms with Gasteiger partial charge in [0.15, 0.2) is 0 Å². The van der Waals surface area contributed by atoms with Gasteiger partial charge in [0.05, 0.1) is 16.6 Å². The van der Waals surface area contributed by atoms with Crippen molar-refractivity contribution in [3.05, 3.63) is 66.5 Å². The summed E-state index contributed by atoms with van der Waals surface area (Å²) in [5.41, 5.74) is 9.95. The first kappa shape index (κ1) is 12.1. The molecule has 0 atom stereocenters. The topological polar surface area (TPSA) is 56.7 Å². The Labute approximate surface area is 121 Å². The van der Waals surface area contributed by atoms with E-state index in [0.717, 1.165) is 33.3 Å². The average Bonchev–Trinajstić information content (AvgIpc) is 2.98.